The molecule has 0 aliphatic carbocycles. The van der Waals surface area contributed by atoms with Gasteiger partial charge in [0.2, 0.25) is 0 Å². The van der Waals surface area contributed by atoms with Crippen molar-refractivity contribution in [2.75, 3.05) is 6.54 Å². The van der Waals surface area contributed by atoms with E-state index < -0.39 is 18.6 Å². The van der Waals surface area contributed by atoms with Gasteiger partial charge in [0.25, 0.3) is 5.91 Å². The lowest BCUT2D eigenvalue weighted by Crippen LogP contribution is -2.34. The number of carbonyl (C=O) groups excluding carboxylic acids is 1. The van der Waals surface area contributed by atoms with Crippen LogP contribution in [0.3, 0.4) is 0 Å². The van der Waals surface area contributed by atoms with Gasteiger partial charge >= 0.3 is 6.18 Å². The number of carbonyl (C=O) groups is 1. The van der Waals surface area contributed by atoms with Crippen LogP contribution in [0.4, 0.5) is 18.9 Å². The molecule has 3 rings (SSSR count). The Morgan fingerprint density at radius 3 is 2.90 bits per heavy atom. The molecule has 9 heteroatoms. The van der Waals surface area contributed by atoms with Crippen LogP contribution in [0.5, 0.6) is 0 Å². The lowest BCUT2D eigenvalue weighted by Gasteiger charge is -2.06. The number of hydrogen-bond donors (Lipinski definition) is 2. The third-order valence-corrected chi connectivity index (χ3v) is 2.77. The molecule has 1 aliphatic rings. The summed E-state index contributed by atoms with van der Waals surface area (Å²) in [6.45, 7) is -1.40. The van der Waals surface area contributed by atoms with Crippen LogP contribution in [-0.2, 0) is 0 Å². The highest BCUT2D eigenvalue weighted by atomic mass is 19.4. The molecule has 2 N–H and O–H groups in total. The SMILES string of the molecule is O=C(NCC(F)(F)F)c1n[nH]c2c3c(ccc12)[N]N=C3. The predicted octanol–water partition coefficient (Wildman–Crippen LogP) is 1.44. The fraction of sp³-hybridized carbons (Fsp3) is 0.182. The lowest BCUT2D eigenvalue weighted by molar-refractivity contribution is -0.123. The molecule has 0 saturated heterocycles. The van der Waals surface area contributed by atoms with E-state index >= 15 is 0 Å². The summed E-state index contributed by atoms with van der Waals surface area (Å²) in [6, 6.07) is 3.19. The van der Waals surface area contributed by atoms with E-state index in [9.17, 15) is 18.0 Å². The van der Waals surface area contributed by atoms with Crippen molar-refractivity contribution in [1.29, 1.82) is 0 Å². The summed E-state index contributed by atoms with van der Waals surface area (Å²) in [7, 11) is 0. The molecule has 1 aromatic carbocycles. The van der Waals surface area contributed by atoms with Crippen molar-refractivity contribution in [2.45, 2.75) is 6.18 Å². The number of amides is 1. The van der Waals surface area contributed by atoms with E-state index in [4.69, 9.17) is 0 Å². The standard InChI is InChI=1S/C11H7F3N5O/c12-11(13,14)4-15-10(20)9-5-1-2-7-6(3-16-17-7)8(5)18-19-9/h1-3H,4H2,(H,15,20)(H,18,19). The second-order valence-corrected chi connectivity index (χ2v) is 4.14. The van der Waals surface area contributed by atoms with Crippen LogP contribution >= 0.6 is 0 Å². The van der Waals surface area contributed by atoms with Crippen LogP contribution in [0.2, 0.25) is 0 Å². The van der Waals surface area contributed by atoms with E-state index in [-0.39, 0.29) is 5.69 Å². The normalized spacial score (nSPS) is 13.3. The highest BCUT2D eigenvalue weighted by Crippen LogP contribution is 2.28. The number of rotatable bonds is 2. The number of fused-ring (bicyclic) bond motifs is 3. The van der Waals surface area contributed by atoms with Gasteiger partial charge in [-0.05, 0) is 12.1 Å². The second-order valence-electron chi connectivity index (χ2n) is 4.14. The number of nitrogens with one attached hydrogen (secondary N) is 2. The van der Waals surface area contributed by atoms with Crippen LogP contribution in [0.1, 0.15) is 16.1 Å². The first-order valence-electron chi connectivity index (χ1n) is 5.56. The first-order chi connectivity index (χ1) is 9.46. The zero-order chi connectivity index (χ0) is 14.3. The van der Waals surface area contributed by atoms with Gasteiger partial charge in [0.15, 0.2) is 5.69 Å². The van der Waals surface area contributed by atoms with E-state index in [2.05, 4.69) is 20.7 Å². The molecule has 1 aromatic heterocycles. The summed E-state index contributed by atoms with van der Waals surface area (Å²) in [5, 5.41) is 12.3. The molecule has 6 nitrogen and oxygen atoms in total. The molecule has 1 amide bonds. The van der Waals surface area contributed by atoms with Gasteiger partial charge in [-0.1, -0.05) is 0 Å². The summed E-state index contributed by atoms with van der Waals surface area (Å²) in [6.07, 6.45) is -2.97. The Kier molecular flexibility index (Phi) is 2.63. The molecular weight excluding hydrogens is 275 g/mol. The molecule has 0 bridgehead atoms. The number of benzene rings is 1. The van der Waals surface area contributed by atoms with Crippen LogP contribution in [0.15, 0.2) is 17.2 Å². The van der Waals surface area contributed by atoms with Gasteiger partial charge in [0.05, 0.1) is 17.4 Å². The summed E-state index contributed by atoms with van der Waals surface area (Å²) < 4.78 is 36.2. The molecule has 20 heavy (non-hydrogen) atoms. The summed E-state index contributed by atoms with van der Waals surface area (Å²) >= 11 is 0. The predicted molar refractivity (Wildman–Crippen MR) is 63.9 cm³/mol. The highest BCUT2D eigenvalue weighted by molar-refractivity contribution is 6.11. The second kappa shape index (κ2) is 4.22. The maximum Gasteiger partial charge on any atom is 0.405 e. The van der Waals surface area contributed by atoms with Gasteiger partial charge in [0, 0.05) is 10.9 Å². The van der Waals surface area contributed by atoms with Crippen molar-refractivity contribution in [3.63, 3.8) is 0 Å². The minimum Gasteiger partial charge on any atom is -0.342 e. The molecule has 1 radical (unpaired) electrons. The van der Waals surface area contributed by atoms with Crippen LogP contribution < -0.4 is 10.7 Å². The average Bonchev–Trinajstić information content (AvgIpc) is 2.99. The average molecular weight is 282 g/mol. The fourth-order valence-corrected chi connectivity index (χ4v) is 1.90. The Balaban J connectivity index is 1.93. The largest absolute Gasteiger partial charge is 0.405 e. The molecule has 1 aliphatic heterocycles. The Morgan fingerprint density at radius 1 is 1.35 bits per heavy atom. The van der Waals surface area contributed by atoms with Crippen molar-refractivity contribution in [1.82, 2.24) is 20.9 Å². The van der Waals surface area contributed by atoms with Crippen molar-refractivity contribution in [3.8, 4) is 0 Å². The molecule has 0 fully saturated rings. The van der Waals surface area contributed by atoms with Gasteiger partial charge in [-0.3, -0.25) is 9.89 Å². The molecular formula is C11H7F3N5O. The zero-order valence-electron chi connectivity index (χ0n) is 9.82. The quantitative estimate of drug-likeness (QED) is 0.873. The minimum atomic E-state index is -4.46. The van der Waals surface area contributed by atoms with Gasteiger partial charge in [-0.15, -0.1) is 0 Å². The van der Waals surface area contributed by atoms with Gasteiger partial charge in [0.1, 0.15) is 6.54 Å². The van der Waals surface area contributed by atoms with E-state index in [0.29, 0.717) is 22.2 Å². The number of alkyl halides is 3. The van der Waals surface area contributed by atoms with Crippen LogP contribution in [0.25, 0.3) is 10.9 Å². The molecule has 0 atom stereocenters. The number of aromatic amines is 1. The first-order valence-corrected chi connectivity index (χ1v) is 5.56. The number of hydrogen-bond acceptors (Lipinski definition) is 3. The van der Waals surface area contributed by atoms with Crippen molar-refractivity contribution < 1.29 is 18.0 Å². The van der Waals surface area contributed by atoms with E-state index in [0.717, 1.165) is 0 Å². The molecule has 2 heterocycles. The Bertz CT molecular complexity index is 719. The van der Waals surface area contributed by atoms with E-state index in [1.807, 2.05) is 0 Å². The number of nitrogens with zero attached hydrogens (tertiary/aromatic N) is 3. The summed E-state index contributed by atoms with van der Waals surface area (Å²) in [5.41, 5.74) is 5.54. The number of aromatic nitrogens is 2. The zero-order valence-corrected chi connectivity index (χ0v) is 9.82. The Labute approximate surface area is 110 Å². The van der Waals surface area contributed by atoms with Crippen LogP contribution in [-0.4, -0.2) is 35.0 Å². The van der Waals surface area contributed by atoms with E-state index in [1.54, 1.807) is 17.4 Å². The molecule has 0 saturated carbocycles. The molecule has 2 aromatic rings. The number of halogens is 3. The Morgan fingerprint density at radius 2 is 2.15 bits per heavy atom. The summed E-state index contributed by atoms with van der Waals surface area (Å²) in [5.74, 6) is -0.889. The monoisotopic (exact) mass is 282 g/mol. The third kappa shape index (κ3) is 2.06. The third-order valence-electron chi connectivity index (χ3n) is 2.77. The maximum absolute atomic E-state index is 12.1. The Hall–Kier alpha value is -2.58. The van der Waals surface area contributed by atoms with Gasteiger partial charge in [-0.25, -0.2) is 0 Å². The van der Waals surface area contributed by atoms with Crippen molar-refractivity contribution in [2.24, 2.45) is 5.10 Å². The van der Waals surface area contributed by atoms with Crippen molar-refractivity contribution >= 4 is 28.7 Å². The van der Waals surface area contributed by atoms with Crippen molar-refractivity contribution in [3.05, 3.63) is 23.4 Å². The summed E-state index contributed by atoms with van der Waals surface area (Å²) in [4.78, 5) is 11.7. The topological polar surface area (TPSA) is 84.2 Å². The molecule has 0 unspecified atom stereocenters. The molecule has 0 spiro atoms. The first kappa shape index (κ1) is 12.5. The van der Waals surface area contributed by atoms with Crippen LogP contribution in [0, 0.1) is 0 Å². The number of H-pyrrole nitrogens is 1. The lowest BCUT2D eigenvalue weighted by atomic mass is 10.1. The molecule has 103 valence electrons. The maximum atomic E-state index is 12.1. The minimum absolute atomic E-state index is 0.0904. The smallest absolute Gasteiger partial charge is 0.342 e. The van der Waals surface area contributed by atoms with E-state index in [1.165, 1.54) is 6.21 Å². The van der Waals surface area contributed by atoms with Gasteiger partial charge in [-0.2, -0.15) is 28.8 Å². The fourth-order valence-electron chi connectivity index (χ4n) is 1.90. The van der Waals surface area contributed by atoms with Gasteiger partial charge < -0.3 is 5.32 Å². The highest BCUT2D eigenvalue weighted by Gasteiger charge is 2.29.